The molecule has 6 nitrogen and oxygen atoms in total. The van der Waals surface area contributed by atoms with Gasteiger partial charge in [0.25, 0.3) is 0 Å². The SMILES string of the molecule is CCOCC(O)CNCc1cn[nH]c1-c1ccc(OC)c(F)c1. The zero-order chi connectivity index (χ0) is 16.7. The number of H-pyrrole nitrogens is 1. The van der Waals surface area contributed by atoms with Crippen LogP contribution in [0.3, 0.4) is 0 Å². The minimum absolute atomic E-state index is 0.201. The number of aromatic amines is 1. The first-order valence-corrected chi connectivity index (χ1v) is 7.48. The lowest BCUT2D eigenvalue weighted by molar-refractivity contribution is 0.0427. The van der Waals surface area contributed by atoms with Crippen molar-refractivity contribution >= 4 is 0 Å². The van der Waals surface area contributed by atoms with Crippen molar-refractivity contribution in [2.45, 2.75) is 19.6 Å². The smallest absolute Gasteiger partial charge is 0.165 e. The number of nitrogens with zero attached hydrogens (tertiary/aromatic N) is 1. The molecule has 0 saturated heterocycles. The standard InChI is InChI=1S/C16H22FN3O3/c1-3-23-10-13(21)9-18-7-12-8-19-20-16(12)11-4-5-15(22-2)14(17)6-11/h4-6,8,13,18,21H,3,7,9-10H2,1-2H3,(H,19,20). The molecule has 1 aromatic heterocycles. The molecule has 1 aromatic carbocycles. The van der Waals surface area contributed by atoms with Gasteiger partial charge in [-0.2, -0.15) is 5.10 Å². The van der Waals surface area contributed by atoms with E-state index >= 15 is 0 Å². The maximum atomic E-state index is 13.8. The molecule has 2 aromatic rings. The average Bonchev–Trinajstić information content (AvgIpc) is 3.01. The molecule has 0 radical (unpaired) electrons. The molecule has 0 saturated carbocycles. The molecule has 2 rings (SSSR count). The second-order valence-corrected chi connectivity index (χ2v) is 5.06. The molecule has 0 aliphatic heterocycles. The van der Waals surface area contributed by atoms with E-state index in [1.54, 1.807) is 18.3 Å². The Kier molecular flexibility index (Phi) is 6.52. The summed E-state index contributed by atoms with van der Waals surface area (Å²) < 4.78 is 23.9. The predicted octanol–water partition coefficient (Wildman–Crippen LogP) is 1.71. The summed E-state index contributed by atoms with van der Waals surface area (Å²) in [5, 5.41) is 19.7. The third-order valence-electron chi connectivity index (χ3n) is 3.37. The molecule has 3 N–H and O–H groups in total. The lowest BCUT2D eigenvalue weighted by atomic mass is 10.1. The molecular formula is C16H22FN3O3. The highest BCUT2D eigenvalue weighted by molar-refractivity contribution is 5.63. The molecule has 126 valence electrons. The van der Waals surface area contributed by atoms with Crippen molar-refractivity contribution in [1.29, 1.82) is 0 Å². The maximum Gasteiger partial charge on any atom is 0.165 e. The number of ether oxygens (including phenoxy) is 2. The molecule has 0 amide bonds. The summed E-state index contributed by atoms with van der Waals surface area (Å²) in [5.74, 6) is -0.224. The Morgan fingerprint density at radius 2 is 2.26 bits per heavy atom. The van der Waals surface area contributed by atoms with Crippen LogP contribution in [0.15, 0.2) is 24.4 Å². The molecule has 1 atom stereocenters. The van der Waals surface area contributed by atoms with Gasteiger partial charge in [0.15, 0.2) is 11.6 Å². The maximum absolute atomic E-state index is 13.8. The number of aliphatic hydroxyl groups excluding tert-OH is 1. The van der Waals surface area contributed by atoms with Gasteiger partial charge in [-0.05, 0) is 25.1 Å². The first-order chi connectivity index (χ1) is 11.2. The quantitative estimate of drug-likeness (QED) is 0.655. The van der Waals surface area contributed by atoms with Gasteiger partial charge in [-0.1, -0.05) is 0 Å². The monoisotopic (exact) mass is 323 g/mol. The summed E-state index contributed by atoms with van der Waals surface area (Å²) in [5.41, 5.74) is 2.31. The zero-order valence-corrected chi connectivity index (χ0v) is 13.3. The van der Waals surface area contributed by atoms with Crippen molar-refractivity contribution in [3.63, 3.8) is 0 Å². The van der Waals surface area contributed by atoms with Crippen LogP contribution in [0, 0.1) is 5.82 Å². The van der Waals surface area contributed by atoms with Gasteiger partial charge in [-0.15, -0.1) is 0 Å². The molecule has 0 spiro atoms. The lowest BCUT2D eigenvalue weighted by Crippen LogP contribution is -2.30. The van der Waals surface area contributed by atoms with E-state index in [-0.39, 0.29) is 5.75 Å². The fourth-order valence-electron chi connectivity index (χ4n) is 2.20. The fourth-order valence-corrected chi connectivity index (χ4v) is 2.20. The van der Waals surface area contributed by atoms with Crippen molar-refractivity contribution in [1.82, 2.24) is 15.5 Å². The molecule has 1 heterocycles. The van der Waals surface area contributed by atoms with Gasteiger partial charge < -0.3 is 19.9 Å². The van der Waals surface area contributed by atoms with Crippen LogP contribution in [0.1, 0.15) is 12.5 Å². The molecule has 0 aliphatic rings. The van der Waals surface area contributed by atoms with Crippen molar-refractivity contribution < 1.29 is 19.0 Å². The summed E-state index contributed by atoms with van der Waals surface area (Å²) in [6, 6.07) is 4.75. The summed E-state index contributed by atoms with van der Waals surface area (Å²) in [6.45, 7) is 3.66. The Morgan fingerprint density at radius 1 is 1.43 bits per heavy atom. The number of rotatable bonds is 9. The molecular weight excluding hydrogens is 301 g/mol. The highest BCUT2D eigenvalue weighted by Gasteiger charge is 2.11. The summed E-state index contributed by atoms with van der Waals surface area (Å²) in [4.78, 5) is 0. The topological polar surface area (TPSA) is 79.4 Å². The van der Waals surface area contributed by atoms with E-state index in [0.29, 0.717) is 31.9 Å². The summed E-state index contributed by atoms with van der Waals surface area (Å²) in [6.07, 6.45) is 1.11. The van der Waals surface area contributed by atoms with Crippen LogP contribution in [0.2, 0.25) is 0 Å². The second-order valence-electron chi connectivity index (χ2n) is 5.06. The lowest BCUT2D eigenvalue weighted by Gasteiger charge is -2.12. The number of hydrogen-bond donors (Lipinski definition) is 3. The van der Waals surface area contributed by atoms with E-state index in [4.69, 9.17) is 9.47 Å². The van der Waals surface area contributed by atoms with Crippen LogP contribution in [0.5, 0.6) is 5.75 Å². The Labute approximate surface area is 134 Å². The number of aromatic nitrogens is 2. The van der Waals surface area contributed by atoms with Crippen LogP contribution in [0.4, 0.5) is 4.39 Å². The first-order valence-electron chi connectivity index (χ1n) is 7.48. The highest BCUT2D eigenvalue weighted by atomic mass is 19.1. The number of benzene rings is 1. The van der Waals surface area contributed by atoms with Gasteiger partial charge in [-0.25, -0.2) is 4.39 Å². The second kappa shape index (κ2) is 8.61. The predicted molar refractivity (Wildman–Crippen MR) is 84.7 cm³/mol. The molecule has 7 heteroatoms. The van der Waals surface area contributed by atoms with E-state index in [1.807, 2.05) is 6.92 Å². The van der Waals surface area contributed by atoms with E-state index in [2.05, 4.69) is 15.5 Å². The third kappa shape index (κ3) is 4.75. The van der Waals surface area contributed by atoms with Crippen molar-refractivity contribution in [3.05, 3.63) is 35.8 Å². The largest absolute Gasteiger partial charge is 0.494 e. The van der Waals surface area contributed by atoms with E-state index in [0.717, 1.165) is 11.3 Å². The molecule has 23 heavy (non-hydrogen) atoms. The van der Waals surface area contributed by atoms with Crippen molar-refractivity contribution in [2.24, 2.45) is 0 Å². The Balaban J connectivity index is 1.98. The molecule has 1 unspecified atom stereocenters. The Hall–Kier alpha value is -1.96. The van der Waals surface area contributed by atoms with Gasteiger partial charge in [-0.3, -0.25) is 5.10 Å². The normalized spacial score (nSPS) is 12.3. The number of hydrogen-bond acceptors (Lipinski definition) is 5. The summed E-state index contributed by atoms with van der Waals surface area (Å²) in [7, 11) is 1.43. The van der Waals surface area contributed by atoms with E-state index in [9.17, 15) is 9.50 Å². The van der Waals surface area contributed by atoms with Crippen LogP contribution in [-0.2, 0) is 11.3 Å². The highest BCUT2D eigenvalue weighted by Crippen LogP contribution is 2.26. The number of methoxy groups -OCH3 is 1. The zero-order valence-electron chi connectivity index (χ0n) is 13.3. The van der Waals surface area contributed by atoms with Crippen molar-refractivity contribution in [3.8, 4) is 17.0 Å². The van der Waals surface area contributed by atoms with Gasteiger partial charge in [0.05, 0.1) is 31.7 Å². The molecule has 0 bridgehead atoms. The van der Waals surface area contributed by atoms with Crippen LogP contribution >= 0.6 is 0 Å². The van der Waals surface area contributed by atoms with Crippen LogP contribution < -0.4 is 10.1 Å². The first kappa shape index (κ1) is 17.4. The number of halogens is 1. The van der Waals surface area contributed by atoms with E-state index in [1.165, 1.54) is 13.2 Å². The molecule has 0 fully saturated rings. The van der Waals surface area contributed by atoms with E-state index < -0.39 is 11.9 Å². The van der Waals surface area contributed by atoms with Crippen LogP contribution in [0.25, 0.3) is 11.3 Å². The van der Waals surface area contributed by atoms with Crippen molar-refractivity contribution in [2.75, 3.05) is 26.9 Å². The number of aliphatic hydroxyl groups is 1. The van der Waals surface area contributed by atoms with Gasteiger partial charge in [0, 0.05) is 30.8 Å². The van der Waals surface area contributed by atoms with Gasteiger partial charge in [0.1, 0.15) is 0 Å². The molecule has 0 aliphatic carbocycles. The summed E-state index contributed by atoms with van der Waals surface area (Å²) >= 11 is 0. The minimum Gasteiger partial charge on any atom is -0.494 e. The van der Waals surface area contributed by atoms with Gasteiger partial charge in [0.2, 0.25) is 0 Å². The average molecular weight is 323 g/mol. The minimum atomic E-state index is -0.566. The van der Waals surface area contributed by atoms with Gasteiger partial charge >= 0.3 is 0 Å². The third-order valence-corrected chi connectivity index (χ3v) is 3.37. The Bertz CT molecular complexity index is 618. The number of nitrogens with one attached hydrogen (secondary N) is 2. The Morgan fingerprint density at radius 3 is 2.96 bits per heavy atom. The van der Waals surface area contributed by atoms with Crippen LogP contribution in [-0.4, -0.2) is 48.3 Å². The fraction of sp³-hybridized carbons (Fsp3) is 0.438.